The van der Waals surface area contributed by atoms with Crippen LogP contribution in [0.25, 0.3) is 0 Å². The van der Waals surface area contributed by atoms with Crippen molar-refractivity contribution in [3.8, 4) is 5.75 Å². The van der Waals surface area contributed by atoms with Crippen LogP contribution in [0.2, 0.25) is 0 Å². The quantitative estimate of drug-likeness (QED) is 0.805. The summed E-state index contributed by atoms with van der Waals surface area (Å²) < 4.78 is 33.3. The summed E-state index contributed by atoms with van der Waals surface area (Å²) in [7, 11) is -2.05. The molecule has 6 heteroatoms. The lowest BCUT2D eigenvalue weighted by Gasteiger charge is -2.41. The average Bonchev–Trinajstić information content (AvgIpc) is 2.43. The number of hydrogen-bond acceptors (Lipinski definition) is 4. The predicted octanol–water partition coefficient (Wildman–Crippen LogP) is 1.84. The second-order valence-corrected chi connectivity index (χ2v) is 7.19. The van der Waals surface area contributed by atoms with E-state index in [1.165, 1.54) is 7.11 Å². The van der Waals surface area contributed by atoms with Gasteiger partial charge < -0.3 is 9.84 Å². The highest BCUT2D eigenvalue weighted by Gasteiger charge is 2.39. The molecule has 118 valence electrons. The maximum absolute atomic E-state index is 12.7. The fourth-order valence-corrected chi connectivity index (χ4v) is 4.51. The van der Waals surface area contributed by atoms with Gasteiger partial charge in [-0.3, -0.25) is 0 Å². The fraction of sp³-hybridized carbons (Fsp3) is 0.600. The number of ether oxygens (including phenoxy) is 1. The molecule has 21 heavy (non-hydrogen) atoms. The molecule has 1 aliphatic carbocycles. The highest BCUT2D eigenvalue weighted by molar-refractivity contribution is 7.89. The van der Waals surface area contributed by atoms with Gasteiger partial charge in [-0.25, -0.2) is 13.1 Å². The Balaban J connectivity index is 2.34. The van der Waals surface area contributed by atoms with Gasteiger partial charge in [-0.2, -0.15) is 0 Å². The first kappa shape index (κ1) is 16.3. The molecule has 0 radical (unpaired) electrons. The third kappa shape index (κ3) is 3.39. The van der Waals surface area contributed by atoms with Gasteiger partial charge in [0.15, 0.2) is 0 Å². The number of rotatable bonds is 7. The Morgan fingerprint density at radius 1 is 1.38 bits per heavy atom. The number of nitrogens with one attached hydrogen (secondary N) is 1. The van der Waals surface area contributed by atoms with Crippen LogP contribution >= 0.6 is 0 Å². The topological polar surface area (TPSA) is 75.6 Å². The summed E-state index contributed by atoms with van der Waals surface area (Å²) in [5, 5.41) is 9.15. The monoisotopic (exact) mass is 313 g/mol. The summed E-state index contributed by atoms with van der Waals surface area (Å²) in [6, 6.07) is 4.85. The molecule has 1 fully saturated rings. The summed E-state index contributed by atoms with van der Waals surface area (Å²) >= 11 is 0. The molecule has 0 unspecified atom stereocenters. The zero-order valence-electron chi connectivity index (χ0n) is 12.6. The Kier molecular flexibility index (Phi) is 4.91. The van der Waals surface area contributed by atoms with Gasteiger partial charge in [0.25, 0.3) is 0 Å². The van der Waals surface area contributed by atoms with Crippen molar-refractivity contribution < 1.29 is 18.3 Å². The number of sulfonamides is 1. The van der Waals surface area contributed by atoms with E-state index < -0.39 is 10.0 Å². The lowest BCUT2D eigenvalue weighted by atomic mass is 9.76. The van der Waals surface area contributed by atoms with Crippen molar-refractivity contribution >= 4 is 10.0 Å². The molecule has 0 amide bonds. The van der Waals surface area contributed by atoms with Crippen molar-refractivity contribution in [3.05, 3.63) is 23.8 Å². The molecule has 0 aliphatic heterocycles. The van der Waals surface area contributed by atoms with Crippen LogP contribution in [0.1, 0.15) is 38.2 Å². The van der Waals surface area contributed by atoms with E-state index in [1.807, 2.05) is 6.92 Å². The van der Waals surface area contributed by atoms with Crippen molar-refractivity contribution in [2.24, 2.45) is 0 Å². The van der Waals surface area contributed by atoms with E-state index >= 15 is 0 Å². The van der Waals surface area contributed by atoms with Crippen LogP contribution in [0.5, 0.6) is 5.75 Å². The summed E-state index contributed by atoms with van der Waals surface area (Å²) in [6.45, 7) is 1.90. The van der Waals surface area contributed by atoms with Crippen molar-refractivity contribution in [2.45, 2.75) is 49.5 Å². The molecule has 0 saturated heterocycles. The normalized spacial score (nSPS) is 17.3. The van der Waals surface area contributed by atoms with Crippen LogP contribution in [-0.2, 0) is 16.4 Å². The van der Waals surface area contributed by atoms with Gasteiger partial charge in [0, 0.05) is 12.1 Å². The molecule has 0 heterocycles. The van der Waals surface area contributed by atoms with E-state index in [-0.39, 0.29) is 23.5 Å². The minimum absolute atomic E-state index is 0.103. The SMILES string of the molecule is CCC1(NS(=O)(=O)c2ccc(OC)cc2CCO)CCC1. The number of methoxy groups -OCH3 is 1. The Morgan fingerprint density at radius 2 is 2.10 bits per heavy atom. The maximum atomic E-state index is 12.7. The molecule has 1 aliphatic rings. The molecule has 0 atom stereocenters. The van der Waals surface area contributed by atoms with E-state index in [4.69, 9.17) is 9.84 Å². The molecular formula is C15H23NO4S. The first-order valence-electron chi connectivity index (χ1n) is 7.28. The first-order chi connectivity index (χ1) is 9.96. The van der Waals surface area contributed by atoms with Crippen molar-refractivity contribution in [1.82, 2.24) is 4.72 Å². The van der Waals surface area contributed by atoms with Crippen molar-refractivity contribution in [2.75, 3.05) is 13.7 Å². The Labute approximate surface area is 126 Å². The molecule has 1 saturated carbocycles. The van der Waals surface area contributed by atoms with Gasteiger partial charge in [-0.15, -0.1) is 0 Å². The van der Waals surface area contributed by atoms with E-state index in [0.29, 0.717) is 11.3 Å². The third-order valence-electron chi connectivity index (χ3n) is 4.28. The molecule has 2 rings (SSSR count). The van der Waals surface area contributed by atoms with E-state index in [2.05, 4.69) is 4.72 Å². The van der Waals surface area contributed by atoms with Crippen LogP contribution in [-0.4, -0.2) is 32.8 Å². The molecule has 5 nitrogen and oxygen atoms in total. The second kappa shape index (κ2) is 6.34. The van der Waals surface area contributed by atoms with Gasteiger partial charge in [-0.1, -0.05) is 6.92 Å². The molecule has 0 bridgehead atoms. The summed E-state index contributed by atoms with van der Waals surface area (Å²) in [6.07, 6.45) is 3.90. The summed E-state index contributed by atoms with van der Waals surface area (Å²) in [5.74, 6) is 0.589. The van der Waals surface area contributed by atoms with E-state index in [1.54, 1.807) is 18.2 Å². The van der Waals surface area contributed by atoms with Crippen molar-refractivity contribution in [1.29, 1.82) is 0 Å². The Bertz CT molecular complexity index is 588. The maximum Gasteiger partial charge on any atom is 0.241 e. The Hall–Kier alpha value is -1.11. The number of aliphatic hydroxyl groups excluding tert-OH is 1. The van der Waals surface area contributed by atoms with Crippen LogP contribution in [0.4, 0.5) is 0 Å². The lowest BCUT2D eigenvalue weighted by Crippen LogP contribution is -2.52. The molecule has 1 aromatic rings. The highest BCUT2D eigenvalue weighted by Crippen LogP contribution is 2.36. The van der Waals surface area contributed by atoms with Crippen LogP contribution in [0, 0.1) is 0 Å². The Morgan fingerprint density at radius 3 is 2.57 bits per heavy atom. The van der Waals surface area contributed by atoms with Gasteiger partial charge >= 0.3 is 0 Å². The smallest absolute Gasteiger partial charge is 0.241 e. The largest absolute Gasteiger partial charge is 0.497 e. The molecule has 0 spiro atoms. The molecular weight excluding hydrogens is 290 g/mol. The van der Waals surface area contributed by atoms with Crippen LogP contribution in [0.15, 0.2) is 23.1 Å². The second-order valence-electron chi connectivity index (χ2n) is 5.54. The van der Waals surface area contributed by atoms with E-state index in [0.717, 1.165) is 25.7 Å². The van der Waals surface area contributed by atoms with Crippen LogP contribution < -0.4 is 9.46 Å². The van der Waals surface area contributed by atoms with Gasteiger partial charge in [0.05, 0.1) is 12.0 Å². The zero-order chi connectivity index (χ0) is 15.5. The third-order valence-corrected chi connectivity index (χ3v) is 5.96. The van der Waals surface area contributed by atoms with Gasteiger partial charge in [-0.05, 0) is 55.9 Å². The average molecular weight is 313 g/mol. The van der Waals surface area contributed by atoms with E-state index in [9.17, 15) is 8.42 Å². The fourth-order valence-electron chi connectivity index (χ4n) is 2.73. The minimum Gasteiger partial charge on any atom is -0.497 e. The van der Waals surface area contributed by atoms with Crippen LogP contribution in [0.3, 0.4) is 0 Å². The summed E-state index contributed by atoms with van der Waals surface area (Å²) in [4.78, 5) is 0.233. The lowest BCUT2D eigenvalue weighted by molar-refractivity contribution is 0.213. The number of benzene rings is 1. The first-order valence-corrected chi connectivity index (χ1v) is 8.76. The van der Waals surface area contributed by atoms with Gasteiger partial charge in [0.1, 0.15) is 5.75 Å². The number of aliphatic hydroxyl groups is 1. The van der Waals surface area contributed by atoms with Gasteiger partial charge in [0.2, 0.25) is 10.0 Å². The molecule has 0 aromatic heterocycles. The highest BCUT2D eigenvalue weighted by atomic mass is 32.2. The van der Waals surface area contributed by atoms with Crippen molar-refractivity contribution in [3.63, 3.8) is 0 Å². The standard InChI is InChI=1S/C15H23NO4S/c1-3-15(8-4-9-15)16-21(18,19)14-6-5-13(20-2)11-12(14)7-10-17/h5-6,11,16-17H,3-4,7-10H2,1-2H3. The molecule has 2 N–H and O–H groups in total. The zero-order valence-corrected chi connectivity index (χ0v) is 13.4. The summed E-state index contributed by atoms with van der Waals surface area (Å²) in [5.41, 5.74) is 0.282. The molecule has 1 aromatic carbocycles. The minimum atomic E-state index is -3.59. The predicted molar refractivity (Wildman–Crippen MR) is 81.0 cm³/mol. The number of hydrogen-bond donors (Lipinski definition) is 2.